The summed E-state index contributed by atoms with van der Waals surface area (Å²) in [4.78, 5) is 15.3. The van der Waals surface area contributed by atoms with E-state index < -0.39 is 4.92 Å². The number of non-ortho nitro benzene ring substituents is 1. The lowest BCUT2D eigenvalue weighted by molar-refractivity contribution is -0.384. The van der Waals surface area contributed by atoms with Gasteiger partial charge in [0.1, 0.15) is 12.4 Å². The van der Waals surface area contributed by atoms with Crippen LogP contribution in [0.15, 0.2) is 53.7 Å². The predicted molar refractivity (Wildman–Crippen MR) is 78.5 cm³/mol. The zero-order valence-corrected chi connectivity index (χ0v) is 11.4. The minimum absolute atomic E-state index is 0.0521. The van der Waals surface area contributed by atoms with Gasteiger partial charge >= 0.3 is 0 Å². The molecule has 0 amide bonds. The maximum Gasteiger partial charge on any atom is 0.269 e. The van der Waals surface area contributed by atoms with Crippen molar-refractivity contribution in [1.82, 2.24) is 0 Å². The average Bonchev–Trinajstić information content (AvgIpc) is 2.52. The molecule has 0 aliphatic rings. The van der Waals surface area contributed by atoms with Crippen molar-refractivity contribution in [1.29, 1.82) is 0 Å². The molecule has 0 N–H and O–H groups in total. The quantitative estimate of drug-likeness (QED) is 0.464. The number of ether oxygens (including phenoxy) is 1. The van der Waals surface area contributed by atoms with E-state index in [1.54, 1.807) is 25.5 Å². The molecule has 0 bridgehead atoms. The van der Waals surface area contributed by atoms with Gasteiger partial charge in [0.05, 0.1) is 18.2 Å². The molecule has 0 saturated carbocycles. The lowest BCUT2D eigenvalue weighted by Crippen LogP contribution is -1.92. The highest BCUT2D eigenvalue weighted by atomic mass is 16.6. The Morgan fingerprint density at radius 3 is 2.57 bits per heavy atom. The van der Waals surface area contributed by atoms with Gasteiger partial charge in [-0.25, -0.2) is 0 Å². The Kier molecular flexibility index (Phi) is 4.87. The lowest BCUT2D eigenvalue weighted by Gasteiger charge is -2.03. The summed E-state index contributed by atoms with van der Waals surface area (Å²) in [5.41, 5.74) is 1.66. The Balaban J connectivity index is 1.91. The highest BCUT2D eigenvalue weighted by Crippen LogP contribution is 2.15. The molecule has 21 heavy (non-hydrogen) atoms. The number of hydrogen-bond donors (Lipinski definition) is 0. The molecular formula is C15H14N2O4. The number of methoxy groups -OCH3 is 1. The van der Waals surface area contributed by atoms with Crippen molar-refractivity contribution in [2.24, 2.45) is 5.16 Å². The third-order valence-corrected chi connectivity index (χ3v) is 2.78. The molecule has 0 atom stereocenters. The van der Waals surface area contributed by atoms with Gasteiger partial charge in [-0.2, -0.15) is 0 Å². The summed E-state index contributed by atoms with van der Waals surface area (Å²) in [6, 6.07) is 13.6. The van der Waals surface area contributed by atoms with Crippen molar-refractivity contribution in [2.75, 3.05) is 7.11 Å². The second-order valence-corrected chi connectivity index (χ2v) is 4.17. The Bertz CT molecular complexity index is 638. The number of rotatable bonds is 6. The molecule has 0 aromatic heterocycles. The maximum atomic E-state index is 10.5. The van der Waals surface area contributed by atoms with E-state index in [9.17, 15) is 10.1 Å². The van der Waals surface area contributed by atoms with Gasteiger partial charge in [-0.3, -0.25) is 10.1 Å². The molecule has 6 heteroatoms. The van der Waals surface area contributed by atoms with E-state index in [2.05, 4.69) is 5.16 Å². The third-order valence-electron chi connectivity index (χ3n) is 2.78. The first-order chi connectivity index (χ1) is 10.2. The van der Waals surface area contributed by atoms with Gasteiger partial charge < -0.3 is 9.57 Å². The van der Waals surface area contributed by atoms with Gasteiger partial charge in [0.25, 0.3) is 5.69 Å². The standard InChI is InChI=1S/C15H14N2O4/c1-20-15-5-3-2-4-13(15)10-16-21-11-12-6-8-14(9-7-12)17(18)19/h2-10H,11H2,1H3/b16-10-. The first-order valence-electron chi connectivity index (χ1n) is 6.22. The zero-order valence-electron chi connectivity index (χ0n) is 11.4. The van der Waals surface area contributed by atoms with Crippen LogP contribution in [-0.4, -0.2) is 18.2 Å². The molecule has 0 spiro atoms. The average molecular weight is 286 g/mol. The second kappa shape index (κ2) is 7.04. The first-order valence-corrected chi connectivity index (χ1v) is 6.22. The van der Waals surface area contributed by atoms with Crippen LogP contribution in [0.25, 0.3) is 0 Å². The van der Waals surface area contributed by atoms with Gasteiger partial charge in [-0.05, 0) is 29.8 Å². The predicted octanol–water partition coefficient (Wildman–Crippen LogP) is 3.15. The summed E-state index contributed by atoms with van der Waals surface area (Å²) in [5, 5.41) is 14.4. The second-order valence-electron chi connectivity index (χ2n) is 4.17. The molecule has 2 aromatic carbocycles. The van der Waals surface area contributed by atoms with Crippen LogP contribution in [0.5, 0.6) is 5.75 Å². The Labute approximate surface area is 121 Å². The number of nitro benzene ring substituents is 1. The van der Waals surface area contributed by atoms with Crippen LogP contribution < -0.4 is 4.74 Å². The highest BCUT2D eigenvalue weighted by molar-refractivity contribution is 5.82. The topological polar surface area (TPSA) is 74.0 Å². The van der Waals surface area contributed by atoms with Crippen LogP contribution >= 0.6 is 0 Å². The van der Waals surface area contributed by atoms with Crippen LogP contribution in [-0.2, 0) is 11.4 Å². The first kappa shape index (κ1) is 14.5. The fourth-order valence-electron chi connectivity index (χ4n) is 1.69. The zero-order chi connectivity index (χ0) is 15.1. The van der Waals surface area contributed by atoms with Crippen LogP contribution in [0.3, 0.4) is 0 Å². The van der Waals surface area contributed by atoms with E-state index in [-0.39, 0.29) is 12.3 Å². The van der Waals surface area contributed by atoms with Crippen LogP contribution in [0.1, 0.15) is 11.1 Å². The van der Waals surface area contributed by atoms with Gasteiger partial charge in [0, 0.05) is 17.7 Å². The van der Waals surface area contributed by atoms with Gasteiger partial charge in [0.2, 0.25) is 0 Å². The van der Waals surface area contributed by atoms with E-state index in [1.807, 2.05) is 24.3 Å². The molecular weight excluding hydrogens is 272 g/mol. The Morgan fingerprint density at radius 2 is 1.90 bits per heavy atom. The number of oxime groups is 1. The molecule has 0 heterocycles. The van der Waals surface area contributed by atoms with Crippen LogP contribution in [0.4, 0.5) is 5.69 Å². The van der Waals surface area contributed by atoms with Crippen molar-refractivity contribution in [3.63, 3.8) is 0 Å². The third kappa shape index (κ3) is 4.04. The minimum Gasteiger partial charge on any atom is -0.496 e. The number of benzene rings is 2. The summed E-state index contributed by atoms with van der Waals surface area (Å²) in [5.74, 6) is 0.709. The number of para-hydroxylation sites is 1. The summed E-state index contributed by atoms with van der Waals surface area (Å²) in [6.07, 6.45) is 1.56. The molecule has 2 aromatic rings. The Hall–Kier alpha value is -2.89. The molecule has 2 rings (SSSR count). The molecule has 0 fully saturated rings. The van der Waals surface area contributed by atoms with Crippen molar-refractivity contribution in [3.05, 3.63) is 69.8 Å². The number of hydrogen-bond acceptors (Lipinski definition) is 5. The lowest BCUT2D eigenvalue weighted by atomic mass is 10.2. The molecule has 0 aliphatic heterocycles. The van der Waals surface area contributed by atoms with Crippen molar-refractivity contribution < 1.29 is 14.5 Å². The molecule has 6 nitrogen and oxygen atoms in total. The Morgan fingerprint density at radius 1 is 1.19 bits per heavy atom. The van der Waals surface area contributed by atoms with Crippen molar-refractivity contribution in [2.45, 2.75) is 6.61 Å². The fraction of sp³-hybridized carbons (Fsp3) is 0.133. The number of nitrogens with zero attached hydrogens (tertiary/aromatic N) is 2. The van der Waals surface area contributed by atoms with E-state index in [4.69, 9.17) is 9.57 Å². The summed E-state index contributed by atoms with van der Waals surface area (Å²) in [6.45, 7) is 0.240. The van der Waals surface area contributed by atoms with Gasteiger partial charge in [0.15, 0.2) is 0 Å². The molecule has 0 radical (unpaired) electrons. The summed E-state index contributed by atoms with van der Waals surface area (Å²) in [7, 11) is 1.59. The maximum absolute atomic E-state index is 10.5. The van der Waals surface area contributed by atoms with Crippen LogP contribution in [0, 0.1) is 10.1 Å². The van der Waals surface area contributed by atoms with Gasteiger partial charge in [-0.1, -0.05) is 17.3 Å². The monoisotopic (exact) mass is 286 g/mol. The van der Waals surface area contributed by atoms with E-state index >= 15 is 0 Å². The van der Waals surface area contributed by atoms with E-state index in [0.29, 0.717) is 5.75 Å². The fourth-order valence-corrected chi connectivity index (χ4v) is 1.69. The normalized spacial score (nSPS) is 10.5. The summed E-state index contributed by atoms with van der Waals surface area (Å²) < 4.78 is 5.19. The van der Waals surface area contributed by atoms with Crippen molar-refractivity contribution >= 4 is 11.9 Å². The van der Waals surface area contributed by atoms with E-state index in [0.717, 1.165) is 11.1 Å². The molecule has 0 saturated heterocycles. The smallest absolute Gasteiger partial charge is 0.269 e. The van der Waals surface area contributed by atoms with Crippen molar-refractivity contribution in [3.8, 4) is 5.75 Å². The van der Waals surface area contributed by atoms with E-state index in [1.165, 1.54) is 12.1 Å². The van der Waals surface area contributed by atoms with Crippen LogP contribution in [0.2, 0.25) is 0 Å². The highest BCUT2D eigenvalue weighted by Gasteiger charge is 2.03. The molecule has 0 unspecified atom stereocenters. The SMILES string of the molecule is COc1ccccc1/C=N\OCc1ccc([N+](=O)[O-])cc1. The molecule has 108 valence electrons. The number of nitro groups is 1. The summed E-state index contributed by atoms with van der Waals surface area (Å²) >= 11 is 0. The van der Waals surface area contributed by atoms with Gasteiger partial charge in [-0.15, -0.1) is 0 Å². The molecule has 0 aliphatic carbocycles. The largest absolute Gasteiger partial charge is 0.496 e. The minimum atomic E-state index is -0.440.